The van der Waals surface area contributed by atoms with Gasteiger partial charge in [-0.3, -0.25) is 9.98 Å². The first kappa shape index (κ1) is 40.3. The maximum Gasteiger partial charge on any atom is 0.0704 e. The highest BCUT2D eigenvalue weighted by molar-refractivity contribution is 6.15. The van der Waals surface area contributed by atoms with Crippen molar-refractivity contribution in [2.24, 2.45) is 4.99 Å². The number of aromatic nitrogens is 2. The van der Waals surface area contributed by atoms with Crippen LogP contribution >= 0.6 is 0 Å². The molecule has 7 rings (SSSR count). The van der Waals surface area contributed by atoms with Gasteiger partial charge in [-0.1, -0.05) is 178 Å². The van der Waals surface area contributed by atoms with E-state index in [4.69, 9.17) is 4.99 Å². The van der Waals surface area contributed by atoms with E-state index in [1.807, 2.05) is 61.0 Å². The van der Waals surface area contributed by atoms with Crippen LogP contribution in [-0.2, 0) is 0 Å². The topological polar surface area (TPSA) is 30.2 Å². The molecule has 3 heteroatoms. The molecule has 1 aliphatic carbocycles. The van der Waals surface area contributed by atoms with Gasteiger partial charge in [-0.15, -0.1) is 0 Å². The lowest BCUT2D eigenvalue weighted by molar-refractivity contribution is 1.18. The van der Waals surface area contributed by atoms with Gasteiger partial charge in [0.15, 0.2) is 0 Å². The fraction of sp³-hybridized carbons (Fsp3) is 0.0175. The predicted octanol–water partition coefficient (Wildman–Crippen LogP) is 13.0. The van der Waals surface area contributed by atoms with Gasteiger partial charge in [-0.05, 0) is 101 Å². The van der Waals surface area contributed by atoms with Crippen LogP contribution in [0.2, 0.25) is 0 Å². The van der Waals surface area contributed by atoms with Crippen molar-refractivity contribution in [3.05, 3.63) is 271 Å². The molecule has 1 aliphatic rings. The average molecular weight is 774 g/mol. The minimum Gasteiger partial charge on any atom is -0.309 e. The second-order valence-electron chi connectivity index (χ2n) is 14.0. The quantitative estimate of drug-likeness (QED) is 0.0900. The normalized spacial score (nSPS) is 18.0. The van der Waals surface area contributed by atoms with Gasteiger partial charge in [0, 0.05) is 39.6 Å². The number of rotatable bonds is 12. The Morgan fingerprint density at radius 3 is 2.23 bits per heavy atom. The molecular weight excluding hydrogens is 727 g/mol. The molecule has 0 saturated heterocycles. The molecule has 0 saturated carbocycles. The molecule has 0 radical (unpaired) electrons. The predicted molar refractivity (Wildman–Crippen MR) is 261 cm³/mol. The van der Waals surface area contributed by atoms with Gasteiger partial charge in [0.25, 0.3) is 0 Å². The van der Waals surface area contributed by atoms with Crippen LogP contribution in [0.4, 0.5) is 0 Å². The zero-order valence-electron chi connectivity index (χ0n) is 33.9. The van der Waals surface area contributed by atoms with Gasteiger partial charge in [-0.2, -0.15) is 0 Å². The number of hydrogen-bond donors (Lipinski definition) is 0. The number of allylic oxidation sites excluding steroid dienone is 20. The lowest BCUT2D eigenvalue weighted by Crippen LogP contribution is -2.26. The third kappa shape index (κ3) is 9.62. The van der Waals surface area contributed by atoms with E-state index in [1.165, 1.54) is 16.3 Å². The zero-order valence-corrected chi connectivity index (χ0v) is 33.9. The summed E-state index contributed by atoms with van der Waals surface area (Å²) in [6, 6.07) is 38.5. The molecular formula is C57H47N3. The van der Waals surface area contributed by atoms with E-state index in [1.54, 1.807) is 12.2 Å². The lowest BCUT2D eigenvalue weighted by Gasteiger charge is -2.11. The first-order valence-corrected chi connectivity index (χ1v) is 20.0. The average Bonchev–Trinajstić information content (AvgIpc) is 3.62. The summed E-state index contributed by atoms with van der Waals surface area (Å²) in [5, 5.41) is 4.31. The number of pyridine rings is 1. The highest BCUT2D eigenvalue weighted by Crippen LogP contribution is 2.34. The maximum atomic E-state index is 5.10. The Balaban J connectivity index is 1.41. The Morgan fingerprint density at radius 2 is 1.42 bits per heavy atom. The smallest absolute Gasteiger partial charge is 0.0704 e. The summed E-state index contributed by atoms with van der Waals surface area (Å²) in [4.78, 5) is 9.78. The summed E-state index contributed by atoms with van der Waals surface area (Å²) >= 11 is 0. The van der Waals surface area contributed by atoms with E-state index in [2.05, 4.69) is 194 Å². The van der Waals surface area contributed by atoms with E-state index in [0.29, 0.717) is 0 Å². The largest absolute Gasteiger partial charge is 0.309 e. The summed E-state index contributed by atoms with van der Waals surface area (Å²) in [5.41, 5.74) is 11.6. The number of para-hydroxylation sites is 2. The Labute approximate surface area is 353 Å². The molecule has 60 heavy (non-hydrogen) atoms. The molecule has 0 aliphatic heterocycles. The van der Waals surface area contributed by atoms with Gasteiger partial charge < -0.3 is 4.57 Å². The van der Waals surface area contributed by atoms with Gasteiger partial charge in [-0.25, -0.2) is 0 Å². The molecule has 4 aromatic carbocycles. The van der Waals surface area contributed by atoms with Crippen molar-refractivity contribution < 1.29 is 0 Å². The second kappa shape index (κ2) is 20.0. The van der Waals surface area contributed by atoms with Crippen molar-refractivity contribution in [2.75, 3.05) is 0 Å². The number of fused-ring (bicyclic) bond motifs is 4. The highest BCUT2D eigenvalue weighted by atomic mass is 15.0. The van der Waals surface area contributed by atoms with Crippen molar-refractivity contribution in [2.45, 2.75) is 6.92 Å². The van der Waals surface area contributed by atoms with E-state index in [-0.39, 0.29) is 0 Å². The van der Waals surface area contributed by atoms with Crippen molar-refractivity contribution in [3.63, 3.8) is 0 Å². The van der Waals surface area contributed by atoms with Crippen LogP contribution in [0.15, 0.2) is 249 Å². The summed E-state index contributed by atoms with van der Waals surface area (Å²) < 4.78 is 2.34. The summed E-state index contributed by atoms with van der Waals surface area (Å²) in [7, 11) is 0. The third-order valence-corrected chi connectivity index (χ3v) is 10.1. The van der Waals surface area contributed by atoms with Crippen LogP contribution in [0.1, 0.15) is 23.6 Å². The Morgan fingerprint density at radius 1 is 0.667 bits per heavy atom. The molecule has 0 amide bonds. The molecule has 0 bridgehead atoms. The highest BCUT2D eigenvalue weighted by Gasteiger charge is 2.14. The minimum atomic E-state index is 0.807. The number of benzene rings is 4. The fourth-order valence-corrected chi connectivity index (χ4v) is 7.14. The van der Waals surface area contributed by atoms with Crippen LogP contribution in [0.5, 0.6) is 0 Å². The number of nitrogens with zero attached hydrogens (tertiary/aromatic N) is 3. The third-order valence-electron chi connectivity index (χ3n) is 10.1. The van der Waals surface area contributed by atoms with Crippen molar-refractivity contribution >= 4 is 56.4 Å². The Kier molecular flexibility index (Phi) is 13.4. The first-order valence-electron chi connectivity index (χ1n) is 20.0. The Bertz CT molecular complexity index is 3000. The van der Waals surface area contributed by atoms with Gasteiger partial charge in [0.1, 0.15) is 0 Å². The SMILES string of the molecule is C=C/C=C/C=C\C=C/N=C(/C=C(\C)c1ccc(/C(C=C)=C/C=C)cc1)C1=C/C=C\C=c2\cccn\c2=C/C=C/C(c2ccc3c(c2)c2ccccc2n3-c2ccccc2)=C\1. The van der Waals surface area contributed by atoms with Crippen molar-refractivity contribution in [1.29, 1.82) is 0 Å². The van der Waals surface area contributed by atoms with E-state index in [0.717, 1.165) is 66.5 Å². The van der Waals surface area contributed by atoms with Gasteiger partial charge in [0.05, 0.1) is 22.1 Å². The molecule has 290 valence electrons. The van der Waals surface area contributed by atoms with Crippen LogP contribution in [-0.4, -0.2) is 15.3 Å². The zero-order chi connectivity index (χ0) is 41.5. The number of hydrogen-bond acceptors (Lipinski definition) is 2. The van der Waals surface area contributed by atoms with Gasteiger partial charge >= 0.3 is 0 Å². The van der Waals surface area contributed by atoms with E-state index < -0.39 is 0 Å². The summed E-state index contributed by atoms with van der Waals surface area (Å²) in [6.45, 7) is 13.7. The van der Waals surface area contributed by atoms with Gasteiger partial charge in [0.2, 0.25) is 0 Å². The standard InChI is InChI=1S/C57H47N3/c1-5-8-9-10-11-19-38-59-55(40-43(4)45-32-34-46(35-33-45)44(7-3)22-6-2)50-24-16-15-23-47-26-21-39-58-54(47)30-20-25-48(41-50)49-36-37-57-53(42-49)52-29-17-18-31-56(52)60(57)51-27-13-12-14-28-51/h5-42H,1-3H2,4H3/b9-8+,11-10-,16-15-,23-15?,24-16?,25-20+,30-20?,38-19-,43-40+,44-22+,47-23-,48-25?,48-41+,50-24+,50-41?,54-30-,59-55-. The molecule has 3 nitrogen and oxygen atoms in total. The van der Waals surface area contributed by atoms with Crippen LogP contribution in [0.3, 0.4) is 0 Å². The van der Waals surface area contributed by atoms with Crippen LogP contribution in [0, 0.1) is 0 Å². The minimum absolute atomic E-state index is 0.807. The Hall–Kier alpha value is -7.88. The molecule has 0 atom stereocenters. The van der Waals surface area contributed by atoms with E-state index >= 15 is 0 Å². The monoisotopic (exact) mass is 773 g/mol. The van der Waals surface area contributed by atoms with E-state index in [9.17, 15) is 0 Å². The fourth-order valence-electron chi connectivity index (χ4n) is 7.14. The molecule has 2 aromatic heterocycles. The first-order chi connectivity index (χ1) is 29.6. The van der Waals surface area contributed by atoms with Crippen molar-refractivity contribution in [1.82, 2.24) is 9.55 Å². The van der Waals surface area contributed by atoms with Crippen molar-refractivity contribution in [3.8, 4) is 5.69 Å². The maximum absolute atomic E-state index is 5.10. The van der Waals surface area contributed by atoms with Crippen LogP contribution < -0.4 is 10.6 Å². The molecule has 0 fully saturated rings. The van der Waals surface area contributed by atoms with Crippen LogP contribution in [0.25, 0.3) is 56.4 Å². The molecule has 2 heterocycles. The number of aliphatic imine (C=N–C) groups is 1. The molecule has 0 unspecified atom stereocenters. The molecule has 0 N–H and O–H groups in total. The molecule has 0 spiro atoms. The lowest BCUT2D eigenvalue weighted by atomic mass is 9.95. The summed E-state index contributed by atoms with van der Waals surface area (Å²) in [6.07, 6.45) is 39.8. The summed E-state index contributed by atoms with van der Waals surface area (Å²) in [5.74, 6) is 0. The second-order valence-corrected chi connectivity index (χ2v) is 14.0. The molecule has 6 aromatic rings.